The molecular formula is C8H14N4O3. The van der Waals surface area contributed by atoms with Crippen molar-refractivity contribution in [1.29, 1.82) is 0 Å². The topological polar surface area (TPSA) is 114 Å². The fraction of sp³-hybridized carbons (Fsp3) is 0.500. The molecule has 0 heterocycles. The van der Waals surface area contributed by atoms with Crippen molar-refractivity contribution in [3.05, 3.63) is 0 Å². The van der Waals surface area contributed by atoms with Crippen molar-refractivity contribution in [2.45, 2.75) is 26.3 Å². The molecule has 0 rings (SSSR count). The van der Waals surface area contributed by atoms with Crippen molar-refractivity contribution in [1.82, 2.24) is 10.7 Å². The van der Waals surface area contributed by atoms with Gasteiger partial charge >= 0.3 is 6.03 Å². The van der Waals surface area contributed by atoms with Gasteiger partial charge in [0.05, 0.1) is 6.04 Å². The van der Waals surface area contributed by atoms with Crippen LogP contribution in [0.1, 0.15) is 20.3 Å². The number of carbonyl (C=O) groups excluding carboxylic acids is 3. The lowest BCUT2D eigenvalue weighted by molar-refractivity contribution is -0.120. The standard InChI is InChI=1S/C8H14N4O3/c1-5(13)3-7(11-6(2)14)4-10-12-8(9)15/h4,7H,3H2,1-2H3,(H,11,14)(H3,9,12,15)/b10-4-/t7-/m0/s1. The van der Waals surface area contributed by atoms with Gasteiger partial charge in [-0.25, -0.2) is 10.2 Å². The lowest BCUT2D eigenvalue weighted by Gasteiger charge is -2.10. The van der Waals surface area contributed by atoms with E-state index in [0.717, 1.165) is 0 Å². The highest BCUT2D eigenvalue weighted by Gasteiger charge is 2.09. The van der Waals surface area contributed by atoms with Crippen LogP contribution in [0, 0.1) is 0 Å². The van der Waals surface area contributed by atoms with Crippen molar-refractivity contribution >= 4 is 23.9 Å². The summed E-state index contributed by atoms with van der Waals surface area (Å²) in [5.74, 6) is -0.383. The van der Waals surface area contributed by atoms with Gasteiger partial charge < -0.3 is 11.1 Å². The Morgan fingerprint density at radius 3 is 2.40 bits per heavy atom. The van der Waals surface area contributed by atoms with E-state index in [0.29, 0.717) is 0 Å². The molecule has 0 aromatic heterocycles. The Morgan fingerprint density at radius 1 is 1.40 bits per heavy atom. The van der Waals surface area contributed by atoms with Gasteiger partial charge in [-0.1, -0.05) is 0 Å². The number of nitrogens with zero attached hydrogens (tertiary/aromatic N) is 1. The molecule has 15 heavy (non-hydrogen) atoms. The van der Waals surface area contributed by atoms with Gasteiger partial charge in [0.25, 0.3) is 0 Å². The van der Waals surface area contributed by atoms with Crippen molar-refractivity contribution in [3.8, 4) is 0 Å². The first kappa shape index (κ1) is 13.1. The van der Waals surface area contributed by atoms with Gasteiger partial charge in [-0.2, -0.15) is 5.10 Å². The summed E-state index contributed by atoms with van der Waals surface area (Å²) < 4.78 is 0. The van der Waals surface area contributed by atoms with Gasteiger partial charge in [-0.15, -0.1) is 0 Å². The molecule has 4 N–H and O–H groups in total. The summed E-state index contributed by atoms with van der Waals surface area (Å²) in [5.41, 5.74) is 6.73. The maximum atomic E-state index is 10.8. The average Bonchev–Trinajstić information content (AvgIpc) is 2.00. The Bertz CT molecular complexity index is 272. The van der Waals surface area contributed by atoms with Crippen LogP contribution in [-0.2, 0) is 9.59 Å². The molecule has 7 nitrogen and oxygen atoms in total. The van der Waals surface area contributed by atoms with Crippen LogP contribution < -0.4 is 16.5 Å². The van der Waals surface area contributed by atoms with Gasteiger partial charge in [-0.05, 0) is 6.92 Å². The molecule has 0 saturated heterocycles. The molecule has 0 fully saturated rings. The second kappa shape index (κ2) is 6.52. The summed E-state index contributed by atoms with van der Waals surface area (Å²) in [6.45, 7) is 2.71. The minimum absolute atomic E-state index is 0.0979. The molecule has 0 unspecified atom stereocenters. The number of nitrogens with one attached hydrogen (secondary N) is 2. The van der Waals surface area contributed by atoms with E-state index in [4.69, 9.17) is 5.73 Å². The van der Waals surface area contributed by atoms with Gasteiger partial charge in [0, 0.05) is 19.6 Å². The Balaban J connectivity index is 4.22. The van der Waals surface area contributed by atoms with Crippen LogP contribution in [0.4, 0.5) is 4.79 Å². The van der Waals surface area contributed by atoms with Gasteiger partial charge in [0.15, 0.2) is 0 Å². The quantitative estimate of drug-likeness (QED) is 0.408. The highest BCUT2D eigenvalue weighted by Crippen LogP contribution is 1.90. The lowest BCUT2D eigenvalue weighted by Crippen LogP contribution is -2.36. The molecule has 7 heteroatoms. The van der Waals surface area contributed by atoms with Crippen LogP contribution in [0.2, 0.25) is 0 Å². The molecule has 0 spiro atoms. The van der Waals surface area contributed by atoms with Crippen LogP contribution in [0.25, 0.3) is 0 Å². The third-order valence-electron chi connectivity index (χ3n) is 1.33. The maximum absolute atomic E-state index is 10.8. The number of hydrogen-bond donors (Lipinski definition) is 3. The fourth-order valence-electron chi connectivity index (χ4n) is 0.903. The maximum Gasteiger partial charge on any atom is 0.332 e. The van der Waals surface area contributed by atoms with E-state index < -0.39 is 12.1 Å². The highest BCUT2D eigenvalue weighted by atomic mass is 16.2. The monoisotopic (exact) mass is 214 g/mol. The molecule has 3 amide bonds. The van der Waals surface area contributed by atoms with Crippen LogP contribution >= 0.6 is 0 Å². The minimum atomic E-state index is -0.810. The zero-order valence-corrected chi connectivity index (χ0v) is 8.61. The van der Waals surface area contributed by atoms with Crippen LogP contribution in [0.3, 0.4) is 0 Å². The summed E-state index contributed by atoms with van der Waals surface area (Å²) in [4.78, 5) is 31.8. The van der Waals surface area contributed by atoms with Gasteiger partial charge in [0.1, 0.15) is 5.78 Å². The van der Waals surface area contributed by atoms with E-state index in [9.17, 15) is 14.4 Å². The molecule has 0 bridgehead atoms. The van der Waals surface area contributed by atoms with Crippen molar-refractivity contribution in [2.75, 3.05) is 0 Å². The number of hydrogen-bond acceptors (Lipinski definition) is 4. The molecule has 0 aliphatic heterocycles. The Kier molecular flexibility index (Phi) is 5.69. The minimum Gasteiger partial charge on any atom is -0.350 e. The molecule has 0 aromatic carbocycles. The van der Waals surface area contributed by atoms with E-state index in [2.05, 4.69) is 10.4 Å². The number of rotatable bonds is 5. The van der Waals surface area contributed by atoms with E-state index in [1.54, 1.807) is 0 Å². The molecule has 84 valence electrons. The summed E-state index contributed by atoms with van der Waals surface area (Å²) in [5, 5.41) is 5.94. The first-order valence-electron chi connectivity index (χ1n) is 4.27. The number of carbonyl (C=O) groups is 3. The second-order valence-electron chi connectivity index (χ2n) is 2.97. The number of nitrogens with two attached hydrogens (primary N) is 1. The number of urea groups is 1. The lowest BCUT2D eigenvalue weighted by atomic mass is 10.2. The van der Waals surface area contributed by atoms with E-state index in [-0.39, 0.29) is 18.1 Å². The third kappa shape index (κ3) is 8.41. The average molecular weight is 214 g/mol. The first-order chi connectivity index (χ1) is 6.91. The third-order valence-corrected chi connectivity index (χ3v) is 1.33. The molecule has 0 aliphatic rings. The van der Waals surface area contributed by atoms with Crippen molar-refractivity contribution < 1.29 is 14.4 Å². The zero-order chi connectivity index (χ0) is 11.8. The molecule has 0 aromatic rings. The van der Waals surface area contributed by atoms with E-state index >= 15 is 0 Å². The summed E-state index contributed by atoms with van der Waals surface area (Å²) in [7, 11) is 0. The smallest absolute Gasteiger partial charge is 0.332 e. The predicted octanol–water partition coefficient (Wildman–Crippen LogP) is -0.876. The molecular weight excluding hydrogens is 200 g/mol. The second-order valence-corrected chi connectivity index (χ2v) is 2.97. The number of amides is 3. The summed E-state index contributed by atoms with van der Waals surface area (Å²) in [6.07, 6.45) is 1.36. The summed E-state index contributed by atoms with van der Waals surface area (Å²) >= 11 is 0. The van der Waals surface area contributed by atoms with Gasteiger partial charge in [-0.3, -0.25) is 9.59 Å². The number of ketones is 1. The van der Waals surface area contributed by atoms with Crippen LogP contribution in [0.5, 0.6) is 0 Å². The van der Waals surface area contributed by atoms with E-state index in [1.165, 1.54) is 20.1 Å². The van der Waals surface area contributed by atoms with Crippen LogP contribution in [0.15, 0.2) is 5.10 Å². The van der Waals surface area contributed by atoms with Crippen molar-refractivity contribution in [2.24, 2.45) is 10.8 Å². The molecule has 0 aliphatic carbocycles. The largest absolute Gasteiger partial charge is 0.350 e. The fourth-order valence-corrected chi connectivity index (χ4v) is 0.903. The predicted molar refractivity (Wildman–Crippen MR) is 54.1 cm³/mol. The Labute approximate surface area is 87.1 Å². The molecule has 1 atom stereocenters. The number of hydrazone groups is 1. The number of primary amides is 1. The Hall–Kier alpha value is -1.92. The number of Topliss-reactive ketones (excluding diaryl/α,β-unsaturated/α-hetero) is 1. The summed E-state index contributed by atoms with van der Waals surface area (Å²) in [6, 6.07) is -1.34. The van der Waals surface area contributed by atoms with E-state index in [1.807, 2.05) is 5.43 Å². The first-order valence-corrected chi connectivity index (χ1v) is 4.27. The highest BCUT2D eigenvalue weighted by molar-refractivity contribution is 5.85. The normalized spacial score (nSPS) is 12.1. The van der Waals surface area contributed by atoms with Gasteiger partial charge in [0.2, 0.25) is 5.91 Å². The SMILES string of the molecule is CC(=O)C[C@@H](/C=N\NC(N)=O)NC(C)=O. The Morgan fingerprint density at radius 2 is 2.00 bits per heavy atom. The van der Waals surface area contributed by atoms with Crippen molar-refractivity contribution in [3.63, 3.8) is 0 Å². The molecule has 0 radical (unpaired) electrons. The molecule has 0 saturated carbocycles. The zero-order valence-electron chi connectivity index (χ0n) is 8.61. The van der Waals surface area contributed by atoms with Crippen LogP contribution in [-0.4, -0.2) is 30.0 Å².